The predicted octanol–water partition coefficient (Wildman–Crippen LogP) is 1.56. The van der Waals surface area contributed by atoms with Crippen LogP contribution in [0.4, 0.5) is 0 Å². The van der Waals surface area contributed by atoms with E-state index in [1.165, 1.54) is 0 Å². The first-order chi connectivity index (χ1) is 11.7. The van der Waals surface area contributed by atoms with E-state index in [2.05, 4.69) is 10.6 Å². The number of carbonyl (C=O) groups is 4. The Bertz CT molecular complexity index is 542. The minimum absolute atomic E-state index is 0.0167. The smallest absolute Gasteiger partial charge is 0.332 e. The number of amides is 2. The lowest BCUT2D eigenvalue weighted by atomic mass is 9.95. The standard InChI is InChI=1S/C18H30N2O6/c1-17(2,3)15(25)19-9-7-11(13(21)22)12(14(23)24)8-10-20-16(26)18(4,5)6/h7-10H2,1-6H3,(H,19,25)(H,20,26)(H,21,22)(H,23,24)/b12-11+. The van der Waals surface area contributed by atoms with Crippen molar-refractivity contribution in [3.8, 4) is 0 Å². The minimum atomic E-state index is -1.35. The van der Waals surface area contributed by atoms with Crippen molar-refractivity contribution in [2.24, 2.45) is 10.8 Å². The summed E-state index contributed by atoms with van der Waals surface area (Å²) in [5.41, 5.74) is -1.81. The average Bonchev–Trinajstić information content (AvgIpc) is 2.45. The summed E-state index contributed by atoms with van der Waals surface area (Å²) in [6.45, 7) is 10.3. The van der Waals surface area contributed by atoms with Crippen molar-refractivity contribution in [1.82, 2.24) is 10.6 Å². The molecule has 0 aromatic rings. The van der Waals surface area contributed by atoms with Gasteiger partial charge in [-0.15, -0.1) is 0 Å². The van der Waals surface area contributed by atoms with Crippen LogP contribution in [0.2, 0.25) is 0 Å². The Kier molecular flexibility index (Phi) is 8.50. The second-order valence-electron chi connectivity index (χ2n) is 8.08. The van der Waals surface area contributed by atoms with Crippen LogP contribution >= 0.6 is 0 Å². The first-order valence-corrected chi connectivity index (χ1v) is 8.43. The van der Waals surface area contributed by atoms with Crippen LogP contribution in [0.1, 0.15) is 54.4 Å². The molecular formula is C18H30N2O6. The van der Waals surface area contributed by atoms with E-state index in [9.17, 15) is 29.4 Å². The van der Waals surface area contributed by atoms with Crippen LogP contribution in [0.25, 0.3) is 0 Å². The van der Waals surface area contributed by atoms with Crippen LogP contribution in [0, 0.1) is 10.8 Å². The van der Waals surface area contributed by atoms with E-state index in [1.807, 2.05) is 0 Å². The SMILES string of the molecule is CC(C)(C)C(=O)NCC/C(C(=O)O)=C(/CCNC(=O)C(C)(C)C)C(=O)O. The van der Waals surface area contributed by atoms with E-state index >= 15 is 0 Å². The Balaban J connectivity index is 5.08. The molecule has 0 bridgehead atoms. The lowest BCUT2D eigenvalue weighted by molar-refractivity contribution is -0.136. The average molecular weight is 370 g/mol. The van der Waals surface area contributed by atoms with Gasteiger partial charge in [-0.25, -0.2) is 9.59 Å². The van der Waals surface area contributed by atoms with E-state index in [1.54, 1.807) is 41.5 Å². The maximum absolute atomic E-state index is 11.8. The van der Waals surface area contributed by atoms with Crippen LogP contribution in [0.3, 0.4) is 0 Å². The van der Waals surface area contributed by atoms with Gasteiger partial charge in [0.2, 0.25) is 11.8 Å². The highest BCUT2D eigenvalue weighted by molar-refractivity contribution is 5.99. The van der Waals surface area contributed by atoms with E-state index in [0.717, 1.165) is 0 Å². The molecule has 0 aromatic heterocycles. The highest BCUT2D eigenvalue weighted by Crippen LogP contribution is 2.16. The number of carboxylic acid groups (broad SMARTS) is 2. The zero-order chi connectivity index (χ0) is 20.7. The van der Waals surface area contributed by atoms with Gasteiger partial charge in [0.15, 0.2) is 0 Å². The second-order valence-corrected chi connectivity index (χ2v) is 8.08. The molecule has 8 heteroatoms. The zero-order valence-corrected chi connectivity index (χ0v) is 16.4. The fraction of sp³-hybridized carbons (Fsp3) is 0.667. The summed E-state index contributed by atoms with van der Waals surface area (Å²) in [6.07, 6.45) is -0.238. The summed E-state index contributed by atoms with van der Waals surface area (Å²) in [5.74, 6) is -3.21. The monoisotopic (exact) mass is 370 g/mol. The summed E-state index contributed by atoms with van der Waals surface area (Å²) in [4.78, 5) is 46.6. The van der Waals surface area contributed by atoms with Gasteiger partial charge in [0, 0.05) is 35.1 Å². The molecule has 0 aromatic carbocycles. The topological polar surface area (TPSA) is 133 Å². The number of carbonyl (C=O) groups excluding carboxylic acids is 2. The Morgan fingerprint density at radius 2 is 0.923 bits per heavy atom. The van der Waals surface area contributed by atoms with E-state index in [-0.39, 0.29) is 48.9 Å². The molecule has 0 saturated heterocycles. The van der Waals surface area contributed by atoms with Gasteiger partial charge in [-0.1, -0.05) is 41.5 Å². The lowest BCUT2D eigenvalue weighted by Crippen LogP contribution is -2.36. The van der Waals surface area contributed by atoms with Gasteiger partial charge in [0.25, 0.3) is 0 Å². The largest absolute Gasteiger partial charge is 0.478 e. The van der Waals surface area contributed by atoms with Gasteiger partial charge in [0.1, 0.15) is 0 Å². The van der Waals surface area contributed by atoms with Gasteiger partial charge in [-0.3, -0.25) is 9.59 Å². The van der Waals surface area contributed by atoms with Crippen LogP contribution in [0.15, 0.2) is 11.1 Å². The third-order valence-corrected chi connectivity index (χ3v) is 3.56. The Morgan fingerprint density at radius 3 is 1.12 bits per heavy atom. The number of rotatable bonds is 8. The molecule has 0 fully saturated rings. The van der Waals surface area contributed by atoms with Crippen molar-refractivity contribution in [2.75, 3.05) is 13.1 Å². The molecule has 0 rings (SSSR count). The summed E-state index contributed by atoms with van der Waals surface area (Å²) < 4.78 is 0. The van der Waals surface area contributed by atoms with Crippen LogP contribution < -0.4 is 10.6 Å². The molecule has 26 heavy (non-hydrogen) atoms. The van der Waals surface area contributed by atoms with Crippen molar-refractivity contribution < 1.29 is 29.4 Å². The molecule has 0 radical (unpaired) electrons. The molecule has 0 aliphatic rings. The molecule has 0 aliphatic heterocycles. The van der Waals surface area contributed by atoms with E-state index in [0.29, 0.717) is 0 Å². The second kappa shape index (κ2) is 9.35. The van der Waals surface area contributed by atoms with Crippen molar-refractivity contribution in [3.05, 3.63) is 11.1 Å². The molecule has 4 N–H and O–H groups in total. The highest BCUT2D eigenvalue weighted by atomic mass is 16.4. The first-order valence-electron chi connectivity index (χ1n) is 8.43. The van der Waals surface area contributed by atoms with Crippen LogP contribution in [-0.2, 0) is 19.2 Å². The fourth-order valence-electron chi connectivity index (χ4n) is 1.91. The molecule has 0 heterocycles. The Morgan fingerprint density at radius 1 is 0.654 bits per heavy atom. The van der Waals surface area contributed by atoms with Crippen LogP contribution in [-0.4, -0.2) is 47.1 Å². The van der Waals surface area contributed by atoms with Crippen molar-refractivity contribution >= 4 is 23.8 Å². The molecule has 0 atom stereocenters. The molecule has 0 spiro atoms. The molecular weight excluding hydrogens is 340 g/mol. The van der Waals surface area contributed by atoms with Gasteiger partial charge >= 0.3 is 11.9 Å². The maximum atomic E-state index is 11.8. The lowest BCUT2D eigenvalue weighted by Gasteiger charge is -2.19. The zero-order valence-electron chi connectivity index (χ0n) is 16.4. The molecule has 8 nitrogen and oxygen atoms in total. The molecule has 0 saturated carbocycles. The number of carboxylic acids is 2. The van der Waals surface area contributed by atoms with Gasteiger partial charge in [-0.05, 0) is 12.8 Å². The predicted molar refractivity (Wildman–Crippen MR) is 96.5 cm³/mol. The van der Waals surface area contributed by atoms with Crippen LogP contribution in [0.5, 0.6) is 0 Å². The van der Waals surface area contributed by atoms with Crippen molar-refractivity contribution in [2.45, 2.75) is 54.4 Å². The van der Waals surface area contributed by atoms with E-state index in [4.69, 9.17) is 0 Å². The van der Waals surface area contributed by atoms with Gasteiger partial charge < -0.3 is 20.8 Å². The molecule has 2 amide bonds. The summed E-state index contributed by atoms with van der Waals surface area (Å²) in [7, 11) is 0. The summed E-state index contributed by atoms with van der Waals surface area (Å²) >= 11 is 0. The highest BCUT2D eigenvalue weighted by Gasteiger charge is 2.24. The maximum Gasteiger partial charge on any atom is 0.332 e. The number of hydrogen-bond acceptors (Lipinski definition) is 4. The summed E-state index contributed by atoms with van der Waals surface area (Å²) in [6, 6.07) is 0. The molecule has 0 aliphatic carbocycles. The fourth-order valence-corrected chi connectivity index (χ4v) is 1.91. The van der Waals surface area contributed by atoms with Crippen molar-refractivity contribution in [3.63, 3.8) is 0 Å². The Hall–Kier alpha value is -2.38. The van der Waals surface area contributed by atoms with Crippen molar-refractivity contribution in [1.29, 1.82) is 0 Å². The number of aliphatic carboxylic acids is 2. The number of nitrogens with one attached hydrogen (secondary N) is 2. The van der Waals surface area contributed by atoms with E-state index < -0.39 is 22.8 Å². The Labute approximate surface area is 154 Å². The quantitative estimate of drug-likeness (QED) is 0.479. The summed E-state index contributed by atoms with van der Waals surface area (Å²) in [5, 5.41) is 23.9. The first kappa shape index (κ1) is 23.6. The van der Waals surface area contributed by atoms with Gasteiger partial charge in [-0.2, -0.15) is 0 Å². The minimum Gasteiger partial charge on any atom is -0.478 e. The third-order valence-electron chi connectivity index (χ3n) is 3.56. The third kappa shape index (κ3) is 8.13. The molecule has 0 unspecified atom stereocenters. The normalized spacial score (nSPS) is 12.8. The molecule has 148 valence electrons. The number of hydrogen-bond donors (Lipinski definition) is 4. The van der Waals surface area contributed by atoms with Gasteiger partial charge in [0.05, 0.1) is 0 Å².